The van der Waals surface area contributed by atoms with Gasteiger partial charge in [0.1, 0.15) is 5.75 Å². The average molecular weight is 429 g/mol. The van der Waals surface area contributed by atoms with Crippen molar-refractivity contribution in [2.45, 2.75) is 96.1 Å². The highest BCUT2D eigenvalue weighted by Crippen LogP contribution is 2.23. The van der Waals surface area contributed by atoms with Gasteiger partial charge in [-0.1, -0.05) is 102 Å². The molecule has 1 heterocycles. The van der Waals surface area contributed by atoms with E-state index in [0.29, 0.717) is 0 Å². The second-order valence-electron chi connectivity index (χ2n) is 8.01. The Balaban J connectivity index is 1.65. The van der Waals surface area contributed by atoms with Crippen molar-refractivity contribution in [3.05, 3.63) is 36.7 Å². The molecule has 0 N–H and O–H groups in total. The average Bonchev–Trinajstić information content (AvgIpc) is 2.79. The third-order valence-corrected chi connectivity index (χ3v) is 6.27. The Morgan fingerprint density at radius 1 is 0.667 bits per heavy atom. The summed E-state index contributed by atoms with van der Waals surface area (Å²) in [6.45, 7) is 5.32. The minimum Gasteiger partial charge on any atom is -0.494 e. The molecule has 3 nitrogen and oxygen atoms in total. The Bertz CT molecular complexity index is 598. The van der Waals surface area contributed by atoms with Crippen molar-refractivity contribution in [3.8, 4) is 16.9 Å². The van der Waals surface area contributed by atoms with E-state index in [9.17, 15) is 0 Å². The highest BCUT2D eigenvalue weighted by molar-refractivity contribution is 7.99. The molecule has 2 rings (SSSR count). The fourth-order valence-corrected chi connectivity index (χ4v) is 4.19. The SMILES string of the molecule is CCCCCCCCOc1ccc(-c2cnc(SCCCCCCCC)nc2)cc1. The summed E-state index contributed by atoms with van der Waals surface area (Å²) in [6, 6.07) is 8.29. The number of ether oxygens (including phenoxy) is 1. The van der Waals surface area contributed by atoms with Crippen molar-refractivity contribution in [2.75, 3.05) is 12.4 Å². The van der Waals surface area contributed by atoms with Crippen molar-refractivity contribution in [1.29, 1.82) is 0 Å². The van der Waals surface area contributed by atoms with Crippen LogP contribution in [0.15, 0.2) is 41.8 Å². The normalized spacial score (nSPS) is 11.0. The molecule has 1 aromatic carbocycles. The second kappa shape index (κ2) is 16.2. The number of unbranched alkanes of at least 4 members (excludes halogenated alkanes) is 10. The van der Waals surface area contributed by atoms with Gasteiger partial charge >= 0.3 is 0 Å². The van der Waals surface area contributed by atoms with Gasteiger partial charge in [0.05, 0.1) is 6.61 Å². The van der Waals surface area contributed by atoms with Crippen molar-refractivity contribution < 1.29 is 4.74 Å². The molecule has 0 atom stereocenters. The lowest BCUT2D eigenvalue weighted by atomic mass is 10.1. The number of rotatable bonds is 17. The maximum atomic E-state index is 5.87. The summed E-state index contributed by atoms with van der Waals surface area (Å²) in [5.74, 6) is 2.05. The molecule has 0 fully saturated rings. The maximum absolute atomic E-state index is 5.87. The lowest BCUT2D eigenvalue weighted by Gasteiger charge is -2.08. The van der Waals surface area contributed by atoms with E-state index in [1.807, 2.05) is 24.5 Å². The fraction of sp³-hybridized carbons (Fsp3) is 0.615. The van der Waals surface area contributed by atoms with Crippen LogP contribution in [0.25, 0.3) is 11.1 Å². The molecule has 30 heavy (non-hydrogen) atoms. The van der Waals surface area contributed by atoms with Crippen LogP contribution >= 0.6 is 11.8 Å². The minimum absolute atomic E-state index is 0.805. The van der Waals surface area contributed by atoms with Gasteiger partial charge in [-0.05, 0) is 30.5 Å². The van der Waals surface area contributed by atoms with Crippen molar-refractivity contribution >= 4 is 11.8 Å². The molecule has 0 saturated carbocycles. The van der Waals surface area contributed by atoms with Crippen LogP contribution in [0, 0.1) is 0 Å². The first-order valence-electron chi connectivity index (χ1n) is 12.0. The molecule has 4 heteroatoms. The number of nitrogens with zero attached hydrogens (tertiary/aromatic N) is 2. The third-order valence-electron chi connectivity index (χ3n) is 5.31. The number of hydrogen-bond donors (Lipinski definition) is 0. The van der Waals surface area contributed by atoms with E-state index in [1.165, 1.54) is 70.6 Å². The van der Waals surface area contributed by atoms with E-state index in [2.05, 4.69) is 35.9 Å². The molecule has 0 amide bonds. The predicted octanol–water partition coefficient (Wildman–Crippen LogP) is 8.34. The summed E-state index contributed by atoms with van der Waals surface area (Å²) >= 11 is 1.77. The summed E-state index contributed by atoms with van der Waals surface area (Å²) < 4.78 is 5.87. The van der Waals surface area contributed by atoms with E-state index in [1.54, 1.807) is 11.8 Å². The molecule has 0 bridgehead atoms. The Morgan fingerprint density at radius 2 is 1.23 bits per heavy atom. The van der Waals surface area contributed by atoms with Gasteiger partial charge < -0.3 is 4.74 Å². The van der Waals surface area contributed by atoms with Crippen LogP contribution in [-0.2, 0) is 0 Å². The molecule has 0 aliphatic carbocycles. The monoisotopic (exact) mass is 428 g/mol. The maximum Gasteiger partial charge on any atom is 0.187 e. The number of aromatic nitrogens is 2. The highest BCUT2D eigenvalue weighted by Gasteiger charge is 2.03. The first-order valence-corrected chi connectivity index (χ1v) is 13.0. The van der Waals surface area contributed by atoms with E-state index < -0.39 is 0 Å². The number of thioether (sulfide) groups is 1. The van der Waals surface area contributed by atoms with Gasteiger partial charge in [-0.2, -0.15) is 0 Å². The molecule has 0 aliphatic rings. The fourth-order valence-electron chi connectivity index (χ4n) is 3.40. The standard InChI is InChI=1S/C26H40N2OS/c1-3-5-7-9-11-13-19-29-25-17-15-23(16-18-25)24-21-27-26(28-22-24)30-20-14-12-10-8-6-4-2/h15-18,21-22H,3-14,19-20H2,1-2H3. The molecule has 0 unspecified atom stereocenters. The molecular formula is C26H40N2OS. The number of benzene rings is 1. The van der Waals surface area contributed by atoms with Gasteiger partial charge in [-0.15, -0.1) is 0 Å². The zero-order chi connectivity index (χ0) is 21.3. The van der Waals surface area contributed by atoms with Gasteiger partial charge in [-0.3, -0.25) is 0 Å². The van der Waals surface area contributed by atoms with E-state index in [0.717, 1.165) is 40.8 Å². The number of hydrogen-bond acceptors (Lipinski definition) is 4. The van der Waals surface area contributed by atoms with Gasteiger partial charge in [-0.25, -0.2) is 9.97 Å². The summed E-state index contributed by atoms with van der Waals surface area (Å²) in [7, 11) is 0. The van der Waals surface area contributed by atoms with Crippen LogP contribution in [0.4, 0.5) is 0 Å². The largest absolute Gasteiger partial charge is 0.494 e. The second-order valence-corrected chi connectivity index (χ2v) is 9.07. The van der Waals surface area contributed by atoms with E-state index in [4.69, 9.17) is 4.74 Å². The zero-order valence-corrected chi connectivity index (χ0v) is 19.9. The summed E-state index contributed by atoms with van der Waals surface area (Å²) in [5.41, 5.74) is 2.19. The van der Waals surface area contributed by atoms with Crippen molar-refractivity contribution in [2.24, 2.45) is 0 Å². The molecule has 2 aromatic rings. The quantitative estimate of drug-likeness (QED) is 0.144. The van der Waals surface area contributed by atoms with Crippen LogP contribution < -0.4 is 4.74 Å². The van der Waals surface area contributed by atoms with E-state index in [-0.39, 0.29) is 0 Å². The lowest BCUT2D eigenvalue weighted by Crippen LogP contribution is -1.97. The Morgan fingerprint density at radius 3 is 1.87 bits per heavy atom. The predicted molar refractivity (Wildman–Crippen MR) is 130 cm³/mol. The first-order chi connectivity index (χ1) is 14.8. The minimum atomic E-state index is 0.805. The summed E-state index contributed by atoms with van der Waals surface area (Å²) in [6.07, 6.45) is 19.6. The molecule has 0 saturated heterocycles. The van der Waals surface area contributed by atoms with Crippen LogP contribution in [0.5, 0.6) is 5.75 Å². The van der Waals surface area contributed by atoms with E-state index >= 15 is 0 Å². The van der Waals surface area contributed by atoms with Gasteiger partial charge in [0, 0.05) is 23.7 Å². The Kier molecular flexibility index (Phi) is 13.3. The van der Waals surface area contributed by atoms with Crippen LogP contribution in [0.3, 0.4) is 0 Å². The van der Waals surface area contributed by atoms with Crippen molar-refractivity contribution in [1.82, 2.24) is 9.97 Å². The molecule has 0 radical (unpaired) electrons. The van der Waals surface area contributed by atoms with Crippen LogP contribution in [0.1, 0.15) is 90.9 Å². The van der Waals surface area contributed by atoms with Crippen LogP contribution in [-0.4, -0.2) is 22.3 Å². The molecular weight excluding hydrogens is 388 g/mol. The first kappa shape index (κ1) is 24.7. The summed E-state index contributed by atoms with van der Waals surface area (Å²) in [5, 5.41) is 0.881. The van der Waals surface area contributed by atoms with Gasteiger partial charge in [0.2, 0.25) is 0 Å². The lowest BCUT2D eigenvalue weighted by molar-refractivity contribution is 0.304. The third kappa shape index (κ3) is 10.5. The molecule has 0 spiro atoms. The van der Waals surface area contributed by atoms with Crippen LogP contribution in [0.2, 0.25) is 0 Å². The Labute approximate surface area is 188 Å². The highest BCUT2D eigenvalue weighted by atomic mass is 32.2. The summed E-state index contributed by atoms with van der Waals surface area (Å²) in [4.78, 5) is 9.07. The van der Waals surface area contributed by atoms with Gasteiger partial charge in [0.15, 0.2) is 5.16 Å². The topological polar surface area (TPSA) is 35.0 Å². The molecule has 1 aromatic heterocycles. The smallest absolute Gasteiger partial charge is 0.187 e. The zero-order valence-electron chi connectivity index (χ0n) is 19.1. The molecule has 166 valence electrons. The van der Waals surface area contributed by atoms with Gasteiger partial charge in [0.25, 0.3) is 0 Å². The molecule has 0 aliphatic heterocycles. The Hall–Kier alpha value is -1.55. The van der Waals surface area contributed by atoms with Crippen molar-refractivity contribution in [3.63, 3.8) is 0 Å².